The van der Waals surface area contributed by atoms with Crippen LogP contribution in [0, 0.1) is 5.92 Å². The molecule has 1 aromatic carbocycles. The first-order valence-electron chi connectivity index (χ1n) is 7.59. The Morgan fingerprint density at radius 3 is 2.70 bits per heavy atom. The first-order chi connectivity index (χ1) is 9.78. The highest BCUT2D eigenvalue weighted by atomic mass is 16.1. The number of fused-ring (bicyclic) bond motifs is 3. The van der Waals surface area contributed by atoms with Crippen LogP contribution >= 0.6 is 0 Å². The summed E-state index contributed by atoms with van der Waals surface area (Å²) in [5.41, 5.74) is 7.46. The van der Waals surface area contributed by atoms with Gasteiger partial charge in [-0.05, 0) is 56.4 Å². The molecule has 3 fully saturated rings. The Kier molecular flexibility index (Phi) is 4.03. The van der Waals surface area contributed by atoms with Crippen molar-refractivity contribution >= 4 is 5.91 Å². The Morgan fingerprint density at radius 1 is 1.30 bits per heavy atom. The van der Waals surface area contributed by atoms with Crippen molar-refractivity contribution < 1.29 is 4.79 Å². The van der Waals surface area contributed by atoms with Crippen LogP contribution in [0.25, 0.3) is 0 Å². The van der Waals surface area contributed by atoms with Crippen LogP contribution in [-0.4, -0.2) is 43.0 Å². The number of piperidine rings is 3. The average Bonchev–Trinajstić information content (AvgIpc) is 2.49. The van der Waals surface area contributed by atoms with Gasteiger partial charge in [-0.1, -0.05) is 18.2 Å². The molecule has 4 rings (SSSR count). The van der Waals surface area contributed by atoms with E-state index in [-0.39, 0.29) is 5.91 Å². The van der Waals surface area contributed by atoms with Gasteiger partial charge in [0.1, 0.15) is 0 Å². The number of nitrogens with two attached hydrogens (primary N) is 1. The first kappa shape index (κ1) is 13.6. The Hall–Kier alpha value is -1.39. The molecule has 0 spiro atoms. The lowest BCUT2D eigenvalue weighted by molar-refractivity contribution is 0.0620. The lowest BCUT2D eigenvalue weighted by atomic mass is 9.84. The third kappa shape index (κ3) is 2.72. The maximum Gasteiger partial charge on any atom is 0.251 e. The fraction of sp³-hybridized carbons (Fsp3) is 0.562. The van der Waals surface area contributed by atoms with Crippen molar-refractivity contribution in [3.63, 3.8) is 0 Å². The molecule has 1 unspecified atom stereocenters. The zero-order valence-corrected chi connectivity index (χ0v) is 11.8. The average molecular weight is 273 g/mol. The summed E-state index contributed by atoms with van der Waals surface area (Å²) < 4.78 is 0. The third-order valence-electron chi connectivity index (χ3n) is 4.65. The third-order valence-corrected chi connectivity index (χ3v) is 4.65. The second-order valence-electron chi connectivity index (χ2n) is 5.91. The van der Waals surface area contributed by atoms with Gasteiger partial charge in [0.25, 0.3) is 5.91 Å². The Labute approximate surface area is 120 Å². The van der Waals surface area contributed by atoms with Crippen LogP contribution in [0.15, 0.2) is 24.3 Å². The Balaban J connectivity index is 1.70. The number of rotatable bonds is 4. The van der Waals surface area contributed by atoms with E-state index in [2.05, 4.69) is 10.2 Å². The van der Waals surface area contributed by atoms with E-state index >= 15 is 0 Å². The van der Waals surface area contributed by atoms with E-state index in [1.165, 1.54) is 25.9 Å². The normalized spacial score (nSPS) is 28.4. The van der Waals surface area contributed by atoms with Gasteiger partial charge in [0.05, 0.1) is 0 Å². The molecule has 0 radical (unpaired) electrons. The fourth-order valence-corrected chi connectivity index (χ4v) is 3.49. The number of carbonyl (C=O) groups is 1. The number of benzene rings is 1. The zero-order chi connectivity index (χ0) is 13.9. The number of carbonyl (C=O) groups excluding carboxylic acids is 1. The van der Waals surface area contributed by atoms with Crippen LogP contribution in [0.2, 0.25) is 0 Å². The molecule has 3 aliphatic heterocycles. The maximum atomic E-state index is 12.5. The van der Waals surface area contributed by atoms with E-state index in [1.54, 1.807) is 0 Å². The van der Waals surface area contributed by atoms with Crippen molar-refractivity contribution in [2.24, 2.45) is 11.7 Å². The smallest absolute Gasteiger partial charge is 0.251 e. The van der Waals surface area contributed by atoms with Gasteiger partial charge >= 0.3 is 0 Å². The SMILES string of the molecule is NCCc1ccccc1C(=O)NC1CN2CCC1CC2. The van der Waals surface area contributed by atoms with E-state index < -0.39 is 0 Å². The summed E-state index contributed by atoms with van der Waals surface area (Å²) in [6.45, 7) is 3.97. The highest BCUT2D eigenvalue weighted by molar-refractivity contribution is 5.95. The van der Waals surface area contributed by atoms with Crippen LogP contribution in [0.3, 0.4) is 0 Å². The summed E-state index contributed by atoms with van der Waals surface area (Å²) in [6.07, 6.45) is 3.19. The van der Waals surface area contributed by atoms with Crippen molar-refractivity contribution in [2.45, 2.75) is 25.3 Å². The maximum absolute atomic E-state index is 12.5. The molecule has 3 heterocycles. The van der Waals surface area contributed by atoms with Crippen molar-refractivity contribution in [2.75, 3.05) is 26.2 Å². The van der Waals surface area contributed by atoms with Gasteiger partial charge in [-0.2, -0.15) is 0 Å². The molecular formula is C16H23N3O. The Bertz CT molecular complexity index is 480. The summed E-state index contributed by atoms with van der Waals surface area (Å²) in [5.74, 6) is 0.721. The van der Waals surface area contributed by atoms with E-state index in [9.17, 15) is 4.79 Å². The number of hydrogen-bond acceptors (Lipinski definition) is 3. The predicted octanol–water partition coefficient (Wildman–Crippen LogP) is 1.01. The fourth-order valence-electron chi connectivity index (χ4n) is 3.49. The van der Waals surface area contributed by atoms with E-state index in [4.69, 9.17) is 5.73 Å². The van der Waals surface area contributed by atoms with Crippen LogP contribution in [-0.2, 0) is 6.42 Å². The number of nitrogens with zero attached hydrogens (tertiary/aromatic N) is 1. The summed E-state index contributed by atoms with van der Waals surface area (Å²) in [5, 5.41) is 3.24. The number of hydrogen-bond donors (Lipinski definition) is 2. The molecule has 3 N–H and O–H groups in total. The van der Waals surface area contributed by atoms with Crippen molar-refractivity contribution in [1.29, 1.82) is 0 Å². The molecule has 3 saturated heterocycles. The number of nitrogens with one attached hydrogen (secondary N) is 1. The monoisotopic (exact) mass is 273 g/mol. The van der Waals surface area contributed by atoms with Gasteiger partial charge < -0.3 is 16.0 Å². The van der Waals surface area contributed by atoms with Crippen molar-refractivity contribution in [1.82, 2.24) is 10.2 Å². The molecular weight excluding hydrogens is 250 g/mol. The van der Waals surface area contributed by atoms with Gasteiger partial charge in [-0.25, -0.2) is 0 Å². The van der Waals surface area contributed by atoms with Gasteiger partial charge in [0, 0.05) is 18.2 Å². The van der Waals surface area contributed by atoms with Gasteiger partial charge in [-0.15, -0.1) is 0 Å². The first-order valence-corrected chi connectivity index (χ1v) is 7.59. The summed E-state index contributed by atoms with van der Waals surface area (Å²) in [7, 11) is 0. The molecule has 0 aliphatic carbocycles. The summed E-state index contributed by atoms with van der Waals surface area (Å²) >= 11 is 0. The standard InChI is InChI=1S/C16H23N3O/c17-8-5-12-3-1-2-4-14(12)16(20)18-15-11-19-9-6-13(15)7-10-19/h1-4,13,15H,5-11,17H2,(H,18,20). The molecule has 1 aromatic rings. The molecule has 0 aromatic heterocycles. The van der Waals surface area contributed by atoms with Gasteiger partial charge in [-0.3, -0.25) is 4.79 Å². The van der Waals surface area contributed by atoms with Crippen molar-refractivity contribution in [3.05, 3.63) is 35.4 Å². The largest absolute Gasteiger partial charge is 0.348 e. The topological polar surface area (TPSA) is 58.4 Å². The van der Waals surface area contributed by atoms with Crippen LogP contribution in [0.5, 0.6) is 0 Å². The molecule has 1 amide bonds. The van der Waals surface area contributed by atoms with Crippen molar-refractivity contribution in [3.8, 4) is 0 Å². The zero-order valence-electron chi connectivity index (χ0n) is 11.8. The summed E-state index contributed by atoms with van der Waals surface area (Å²) in [4.78, 5) is 15.0. The number of amides is 1. The van der Waals surface area contributed by atoms with Gasteiger partial charge in [0.15, 0.2) is 0 Å². The molecule has 3 aliphatic rings. The molecule has 2 bridgehead atoms. The van der Waals surface area contributed by atoms with E-state index in [1.807, 2.05) is 24.3 Å². The van der Waals surface area contributed by atoms with Crippen LogP contribution in [0.1, 0.15) is 28.8 Å². The van der Waals surface area contributed by atoms with E-state index in [0.29, 0.717) is 18.5 Å². The lowest BCUT2D eigenvalue weighted by Crippen LogP contribution is -2.57. The minimum atomic E-state index is 0.0628. The minimum absolute atomic E-state index is 0.0628. The second kappa shape index (κ2) is 5.94. The molecule has 1 atom stereocenters. The summed E-state index contributed by atoms with van der Waals surface area (Å²) in [6, 6.07) is 8.11. The minimum Gasteiger partial charge on any atom is -0.348 e. The highest BCUT2D eigenvalue weighted by Gasteiger charge is 2.35. The molecule has 4 nitrogen and oxygen atoms in total. The second-order valence-corrected chi connectivity index (χ2v) is 5.91. The predicted molar refractivity (Wildman–Crippen MR) is 79.6 cm³/mol. The van der Waals surface area contributed by atoms with E-state index in [0.717, 1.165) is 24.1 Å². The van der Waals surface area contributed by atoms with Crippen LogP contribution in [0.4, 0.5) is 0 Å². The van der Waals surface area contributed by atoms with Crippen LogP contribution < -0.4 is 11.1 Å². The Morgan fingerprint density at radius 2 is 2.05 bits per heavy atom. The molecule has 108 valence electrons. The molecule has 4 heteroatoms. The quantitative estimate of drug-likeness (QED) is 0.861. The molecule has 20 heavy (non-hydrogen) atoms. The lowest BCUT2D eigenvalue weighted by Gasteiger charge is -2.45. The van der Waals surface area contributed by atoms with Gasteiger partial charge in [0.2, 0.25) is 0 Å². The highest BCUT2D eigenvalue weighted by Crippen LogP contribution is 2.27. The molecule has 0 saturated carbocycles.